The Hall–Kier alpha value is -3.12. The quantitative estimate of drug-likeness (QED) is 0.522. The smallest absolute Gasteiger partial charge is 0.195 e. The predicted octanol–water partition coefficient (Wildman–Crippen LogP) is 5.07. The summed E-state index contributed by atoms with van der Waals surface area (Å²) < 4.78 is 46.0. The van der Waals surface area contributed by atoms with Crippen LogP contribution in [0.1, 0.15) is 5.56 Å². The molecule has 0 aliphatic carbocycles. The Morgan fingerprint density at radius 2 is 1.65 bits per heavy atom. The molecule has 0 atom stereocenters. The average Bonchev–Trinajstić information content (AvgIpc) is 3.09. The summed E-state index contributed by atoms with van der Waals surface area (Å²) in [6.45, 7) is -0.501. The fraction of sp³-hybridized carbons (Fsp3) is 0.0500. The van der Waals surface area contributed by atoms with E-state index in [1.807, 2.05) is 36.4 Å². The van der Waals surface area contributed by atoms with E-state index in [9.17, 15) is 18.3 Å². The third kappa shape index (κ3) is 2.55. The van der Waals surface area contributed by atoms with Crippen LogP contribution in [-0.4, -0.2) is 10.3 Å². The van der Waals surface area contributed by atoms with Gasteiger partial charge in [-0.2, -0.15) is 0 Å². The Balaban J connectivity index is 1.88. The third-order valence-corrected chi connectivity index (χ3v) is 4.25. The molecule has 0 unspecified atom stereocenters. The first-order valence-electron chi connectivity index (χ1n) is 7.82. The molecule has 0 bridgehead atoms. The number of halogens is 3. The normalized spacial score (nSPS) is 11.2. The van der Waals surface area contributed by atoms with Gasteiger partial charge in [-0.1, -0.05) is 41.6 Å². The molecule has 4 rings (SSSR count). The highest BCUT2D eigenvalue weighted by molar-refractivity contribution is 5.87. The molecule has 0 fully saturated rings. The van der Waals surface area contributed by atoms with Gasteiger partial charge in [-0.05, 0) is 29.0 Å². The van der Waals surface area contributed by atoms with Crippen molar-refractivity contribution in [2.75, 3.05) is 0 Å². The molecule has 0 radical (unpaired) electrons. The highest BCUT2D eigenvalue weighted by Gasteiger charge is 2.24. The zero-order chi connectivity index (χ0) is 18.3. The number of benzene rings is 3. The number of aromatic nitrogens is 1. The Morgan fingerprint density at radius 3 is 2.42 bits per heavy atom. The number of nitrogens with zero attached hydrogens (tertiary/aromatic N) is 1. The van der Waals surface area contributed by atoms with Crippen molar-refractivity contribution in [3.05, 3.63) is 77.6 Å². The molecule has 1 N–H and O–H groups in total. The van der Waals surface area contributed by atoms with Crippen LogP contribution in [0.2, 0.25) is 0 Å². The van der Waals surface area contributed by atoms with Gasteiger partial charge in [0.15, 0.2) is 23.2 Å². The number of aliphatic hydroxyl groups excluding tert-OH is 1. The first kappa shape index (κ1) is 16.4. The summed E-state index contributed by atoms with van der Waals surface area (Å²) in [6, 6.07) is 15.1. The van der Waals surface area contributed by atoms with Crippen molar-refractivity contribution >= 4 is 10.8 Å². The van der Waals surface area contributed by atoms with E-state index in [-0.39, 0.29) is 16.9 Å². The molecule has 1 aromatic heterocycles. The summed E-state index contributed by atoms with van der Waals surface area (Å²) in [5.74, 6) is -4.42. The van der Waals surface area contributed by atoms with Crippen LogP contribution in [0.4, 0.5) is 13.2 Å². The molecule has 3 nitrogen and oxygen atoms in total. The van der Waals surface area contributed by atoms with Gasteiger partial charge in [0.05, 0.1) is 17.7 Å². The van der Waals surface area contributed by atoms with E-state index >= 15 is 0 Å². The zero-order valence-electron chi connectivity index (χ0n) is 13.3. The standard InChI is InChI=1S/C20H12F3NO2/c21-16-8-7-14(17(22)18(16)23)20-15(10-25)19(24-26-20)13-6-5-11-3-1-2-4-12(11)9-13/h1-9,25H,10H2. The second-order valence-electron chi connectivity index (χ2n) is 5.78. The van der Waals surface area contributed by atoms with Crippen molar-refractivity contribution in [3.8, 4) is 22.6 Å². The van der Waals surface area contributed by atoms with Crippen LogP contribution in [-0.2, 0) is 6.61 Å². The van der Waals surface area contributed by atoms with E-state index in [4.69, 9.17) is 4.52 Å². The zero-order valence-corrected chi connectivity index (χ0v) is 13.3. The maximum Gasteiger partial charge on any atom is 0.195 e. The van der Waals surface area contributed by atoms with Gasteiger partial charge >= 0.3 is 0 Å². The van der Waals surface area contributed by atoms with Gasteiger partial charge in [-0.3, -0.25) is 0 Å². The lowest BCUT2D eigenvalue weighted by Crippen LogP contribution is -1.96. The highest BCUT2D eigenvalue weighted by atomic mass is 19.2. The molecule has 1 heterocycles. The van der Waals surface area contributed by atoms with Crippen molar-refractivity contribution in [2.24, 2.45) is 0 Å². The minimum atomic E-state index is -1.60. The van der Waals surface area contributed by atoms with Gasteiger partial charge in [-0.25, -0.2) is 13.2 Å². The molecule has 6 heteroatoms. The lowest BCUT2D eigenvalue weighted by molar-refractivity contribution is 0.281. The Bertz CT molecular complexity index is 1120. The second-order valence-corrected chi connectivity index (χ2v) is 5.78. The minimum Gasteiger partial charge on any atom is -0.391 e. The molecule has 4 aromatic rings. The van der Waals surface area contributed by atoms with E-state index < -0.39 is 24.1 Å². The van der Waals surface area contributed by atoms with Crippen LogP contribution >= 0.6 is 0 Å². The van der Waals surface area contributed by atoms with Crippen molar-refractivity contribution in [1.82, 2.24) is 5.16 Å². The highest BCUT2D eigenvalue weighted by Crippen LogP contribution is 2.35. The van der Waals surface area contributed by atoms with E-state index in [0.717, 1.165) is 22.9 Å². The topological polar surface area (TPSA) is 46.3 Å². The van der Waals surface area contributed by atoms with Crippen molar-refractivity contribution < 1.29 is 22.8 Å². The molecule has 0 aliphatic rings. The molecule has 0 spiro atoms. The first-order valence-corrected chi connectivity index (χ1v) is 7.82. The summed E-state index contributed by atoms with van der Waals surface area (Å²) in [5.41, 5.74) is 0.876. The lowest BCUT2D eigenvalue weighted by Gasteiger charge is -2.05. The number of fused-ring (bicyclic) bond motifs is 1. The van der Waals surface area contributed by atoms with Crippen molar-refractivity contribution in [3.63, 3.8) is 0 Å². The molecule has 3 aromatic carbocycles. The van der Waals surface area contributed by atoms with Crippen LogP contribution in [0.5, 0.6) is 0 Å². The van der Waals surface area contributed by atoms with Crippen LogP contribution in [0.3, 0.4) is 0 Å². The maximum atomic E-state index is 14.1. The van der Waals surface area contributed by atoms with Gasteiger partial charge < -0.3 is 9.63 Å². The summed E-state index contributed by atoms with van der Waals surface area (Å²) in [4.78, 5) is 0. The average molecular weight is 355 g/mol. The number of hydrogen-bond donors (Lipinski definition) is 1. The van der Waals surface area contributed by atoms with E-state index in [0.29, 0.717) is 11.3 Å². The Labute approximate surface area is 146 Å². The Kier molecular flexibility index (Phi) is 3.97. The summed E-state index contributed by atoms with van der Waals surface area (Å²) in [5, 5.41) is 15.6. The van der Waals surface area contributed by atoms with Crippen LogP contribution < -0.4 is 0 Å². The Morgan fingerprint density at radius 1 is 0.885 bits per heavy atom. The number of rotatable bonds is 3. The fourth-order valence-electron chi connectivity index (χ4n) is 2.93. The van der Waals surface area contributed by atoms with Gasteiger partial charge in [0.25, 0.3) is 0 Å². The predicted molar refractivity (Wildman–Crippen MR) is 90.7 cm³/mol. The minimum absolute atomic E-state index is 0.132. The number of hydrogen-bond acceptors (Lipinski definition) is 3. The van der Waals surface area contributed by atoms with E-state index in [1.54, 1.807) is 6.07 Å². The van der Waals surface area contributed by atoms with Gasteiger partial charge in [0.2, 0.25) is 0 Å². The van der Waals surface area contributed by atoms with Crippen LogP contribution in [0.15, 0.2) is 59.1 Å². The molecular formula is C20H12F3NO2. The third-order valence-electron chi connectivity index (χ3n) is 4.25. The molecular weight excluding hydrogens is 343 g/mol. The summed E-state index contributed by atoms with van der Waals surface area (Å²) in [6.07, 6.45) is 0. The molecule has 0 aliphatic heterocycles. The SMILES string of the molecule is OCc1c(-c2ccc3ccccc3c2)noc1-c1ccc(F)c(F)c1F. The summed E-state index contributed by atoms with van der Waals surface area (Å²) in [7, 11) is 0. The van der Waals surface area contributed by atoms with Gasteiger partial charge in [-0.15, -0.1) is 0 Å². The molecule has 0 saturated heterocycles. The van der Waals surface area contributed by atoms with E-state index in [2.05, 4.69) is 5.16 Å². The lowest BCUT2D eigenvalue weighted by atomic mass is 10.00. The number of aliphatic hydroxyl groups is 1. The molecule has 26 heavy (non-hydrogen) atoms. The van der Waals surface area contributed by atoms with E-state index in [1.165, 1.54) is 0 Å². The van der Waals surface area contributed by atoms with Crippen LogP contribution in [0, 0.1) is 17.5 Å². The van der Waals surface area contributed by atoms with Crippen molar-refractivity contribution in [1.29, 1.82) is 0 Å². The first-order chi connectivity index (χ1) is 12.6. The molecule has 0 saturated carbocycles. The monoisotopic (exact) mass is 355 g/mol. The largest absolute Gasteiger partial charge is 0.391 e. The van der Waals surface area contributed by atoms with Gasteiger partial charge in [0, 0.05) is 5.56 Å². The molecule has 0 amide bonds. The van der Waals surface area contributed by atoms with Crippen molar-refractivity contribution in [2.45, 2.75) is 6.61 Å². The van der Waals surface area contributed by atoms with Crippen LogP contribution in [0.25, 0.3) is 33.4 Å². The summed E-state index contributed by atoms with van der Waals surface area (Å²) >= 11 is 0. The second kappa shape index (κ2) is 6.31. The molecule has 130 valence electrons. The maximum absolute atomic E-state index is 14.1. The van der Waals surface area contributed by atoms with Gasteiger partial charge in [0.1, 0.15) is 5.69 Å². The fourth-order valence-corrected chi connectivity index (χ4v) is 2.93.